The summed E-state index contributed by atoms with van der Waals surface area (Å²) >= 11 is 0. The van der Waals surface area contributed by atoms with Crippen LogP contribution in [0.4, 0.5) is 0 Å². The van der Waals surface area contributed by atoms with Crippen LogP contribution in [0, 0.1) is 0 Å². The van der Waals surface area contributed by atoms with Gasteiger partial charge in [-0.05, 0) is 47.5 Å². The van der Waals surface area contributed by atoms with E-state index in [1.807, 2.05) is 54.6 Å². The molecule has 0 aliphatic carbocycles. The van der Waals surface area contributed by atoms with Crippen LogP contribution in [0.3, 0.4) is 0 Å². The van der Waals surface area contributed by atoms with Gasteiger partial charge in [0.25, 0.3) is 0 Å². The molecule has 0 atom stereocenters. The Bertz CT molecular complexity index is 837. The van der Waals surface area contributed by atoms with Crippen LogP contribution in [0.25, 0.3) is 0 Å². The summed E-state index contributed by atoms with van der Waals surface area (Å²) in [6.07, 6.45) is 0. The molecule has 4 heteroatoms. The topological polar surface area (TPSA) is 47.7 Å². The van der Waals surface area contributed by atoms with Gasteiger partial charge in [0.05, 0.1) is 7.11 Å². The number of para-hydroxylation sites is 1. The SMILES string of the molecule is COc1cccc(CN(CCN)Cc2cccc(Oc3ccccc3)c2)c1. The van der Waals surface area contributed by atoms with E-state index in [-0.39, 0.29) is 0 Å². The average molecular weight is 362 g/mol. The highest BCUT2D eigenvalue weighted by molar-refractivity contribution is 5.34. The summed E-state index contributed by atoms with van der Waals surface area (Å²) in [7, 11) is 1.69. The molecule has 0 unspecified atom stereocenters. The largest absolute Gasteiger partial charge is 0.497 e. The molecule has 3 aromatic carbocycles. The van der Waals surface area contributed by atoms with Crippen LogP contribution in [-0.2, 0) is 13.1 Å². The van der Waals surface area contributed by atoms with Crippen LogP contribution < -0.4 is 15.2 Å². The maximum absolute atomic E-state index is 5.95. The Kier molecular flexibility index (Phi) is 6.85. The number of nitrogens with two attached hydrogens (primary N) is 1. The average Bonchev–Trinajstić information content (AvgIpc) is 2.69. The first-order chi connectivity index (χ1) is 13.3. The van der Waals surface area contributed by atoms with Gasteiger partial charge < -0.3 is 15.2 Å². The van der Waals surface area contributed by atoms with E-state index in [1.54, 1.807) is 7.11 Å². The summed E-state index contributed by atoms with van der Waals surface area (Å²) in [5.74, 6) is 2.55. The normalized spacial score (nSPS) is 10.8. The van der Waals surface area contributed by atoms with Crippen LogP contribution in [0.2, 0.25) is 0 Å². The minimum Gasteiger partial charge on any atom is -0.497 e. The fraction of sp³-hybridized carbons (Fsp3) is 0.217. The molecule has 0 aliphatic heterocycles. The fourth-order valence-corrected chi connectivity index (χ4v) is 3.02. The number of rotatable bonds is 9. The summed E-state index contributed by atoms with van der Waals surface area (Å²) in [6.45, 7) is 3.06. The number of methoxy groups -OCH3 is 1. The van der Waals surface area contributed by atoms with E-state index in [0.29, 0.717) is 6.54 Å². The van der Waals surface area contributed by atoms with Crippen molar-refractivity contribution in [2.75, 3.05) is 20.2 Å². The molecule has 140 valence electrons. The van der Waals surface area contributed by atoms with Gasteiger partial charge in [0.15, 0.2) is 0 Å². The van der Waals surface area contributed by atoms with Gasteiger partial charge >= 0.3 is 0 Å². The van der Waals surface area contributed by atoms with Crippen LogP contribution in [0.5, 0.6) is 17.2 Å². The Morgan fingerprint density at radius 3 is 1.96 bits per heavy atom. The lowest BCUT2D eigenvalue weighted by Crippen LogP contribution is -2.28. The molecule has 0 saturated carbocycles. The van der Waals surface area contributed by atoms with Crippen molar-refractivity contribution in [3.05, 3.63) is 90.0 Å². The van der Waals surface area contributed by atoms with Crippen molar-refractivity contribution in [2.24, 2.45) is 5.73 Å². The number of benzene rings is 3. The van der Waals surface area contributed by atoms with E-state index in [4.69, 9.17) is 15.2 Å². The first-order valence-electron chi connectivity index (χ1n) is 9.14. The molecule has 0 amide bonds. The molecular weight excluding hydrogens is 336 g/mol. The van der Waals surface area contributed by atoms with E-state index < -0.39 is 0 Å². The van der Waals surface area contributed by atoms with Crippen LogP contribution in [0.15, 0.2) is 78.9 Å². The smallest absolute Gasteiger partial charge is 0.127 e. The minimum absolute atomic E-state index is 0.615. The third kappa shape index (κ3) is 5.84. The lowest BCUT2D eigenvalue weighted by atomic mass is 10.1. The highest BCUT2D eigenvalue weighted by atomic mass is 16.5. The van der Waals surface area contributed by atoms with Gasteiger partial charge in [-0.15, -0.1) is 0 Å². The van der Waals surface area contributed by atoms with Gasteiger partial charge in [-0.25, -0.2) is 0 Å². The van der Waals surface area contributed by atoms with Gasteiger partial charge in [-0.3, -0.25) is 4.90 Å². The zero-order valence-corrected chi connectivity index (χ0v) is 15.7. The zero-order chi connectivity index (χ0) is 18.9. The van der Waals surface area contributed by atoms with E-state index in [9.17, 15) is 0 Å². The molecule has 0 saturated heterocycles. The first-order valence-corrected chi connectivity index (χ1v) is 9.14. The zero-order valence-electron chi connectivity index (χ0n) is 15.7. The van der Waals surface area contributed by atoms with Gasteiger partial charge in [-0.2, -0.15) is 0 Å². The van der Waals surface area contributed by atoms with E-state index in [2.05, 4.69) is 29.2 Å². The molecule has 27 heavy (non-hydrogen) atoms. The Morgan fingerprint density at radius 1 is 0.741 bits per heavy atom. The van der Waals surface area contributed by atoms with Crippen LogP contribution in [0.1, 0.15) is 11.1 Å². The number of hydrogen-bond acceptors (Lipinski definition) is 4. The highest BCUT2D eigenvalue weighted by Gasteiger charge is 2.08. The molecule has 3 rings (SSSR count). The van der Waals surface area contributed by atoms with Crippen molar-refractivity contribution in [3.8, 4) is 17.2 Å². The molecule has 0 spiro atoms. The van der Waals surface area contributed by atoms with Crippen molar-refractivity contribution < 1.29 is 9.47 Å². The summed E-state index contributed by atoms with van der Waals surface area (Å²) < 4.78 is 11.3. The number of ether oxygens (including phenoxy) is 2. The summed E-state index contributed by atoms with van der Waals surface area (Å²) in [6, 6.07) is 26.2. The molecular formula is C23H26N2O2. The Balaban J connectivity index is 1.69. The van der Waals surface area contributed by atoms with Gasteiger partial charge in [0.1, 0.15) is 17.2 Å². The maximum Gasteiger partial charge on any atom is 0.127 e. The van der Waals surface area contributed by atoms with Gasteiger partial charge in [-0.1, -0.05) is 42.5 Å². The summed E-state index contributed by atoms with van der Waals surface area (Å²) in [5.41, 5.74) is 8.24. The van der Waals surface area contributed by atoms with E-state index >= 15 is 0 Å². The second-order valence-electron chi connectivity index (χ2n) is 6.41. The van der Waals surface area contributed by atoms with Gasteiger partial charge in [0.2, 0.25) is 0 Å². The number of nitrogens with zero attached hydrogens (tertiary/aromatic N) is 1. The van der Waals surface area contributed by atoms with Crippen molar-refractivity contribution in [2.45, 2.75) is 13.1 Å². The van der Waals surface area contributed by atoms with Crippen molar-refractivity contribution in [1.29, 1.82) is 0 Å². The van der Waals surface area contributed by atoms with Crippen molar-refractivity contribution in [3.63, 3.8) is 0 Å². The van der Waals surface area contributed by atoms with E-state index in [0.717, 1.165) is 36.9 Å². The van der Waals surface area contributed by atoms with Crippen molar-refractivity contribution >= 4 is 0 Å². The second kappa shape index (κ2) is 9.76. The Hall–Kier alpha value is -2.82. The molecule has 0 heterocycles. The maximum atomic E-state index is 5.95. The summed E-state index contributed by atoms with van der Waals surface area (Å²) in [5, 5.41) is 0. The molecule has 4 nitrogen and oxygen atoms in total. The molecule has 0 radical (unpaired) electrons. The molecule has 0 bridgehead atoms. The molecule has 0 aliphatic rings. The van der Waals surface area contributed by atoms with Crippen molar-refractivity contribution in [1.82, 2.24) is 4.90 Å². The number of hydrogen-bond donors (Lipinski definition) is 1. The Labute approximate surface area is 161 Å². The van der Waals surface area contributed by atoms with Gasteiger partial charge in [0, 0.05) is 26.2 Å². The highest BCUT2D eigenvalue weighted by Crippen LogP contribution is 2.23. The predicted molar refractivity (Wildman–Crippen MR) is 109 cm³/mol. The molecule has 0 fully saturated rings. The molecule has 3 aromatic rings. The fourth-order valence-electron chi connectivity index (χ4n) is 3.02. The first kappa shape index (κ1) is 19.0. The third-order valence-corrected chi connectivity index (χ3v) is 4.27. The quantitative estimate of drug-likeness (QED) is 0.611. The van der Waals surface area contributed by atoms with Crippen LogP contribution >= 0.6 is 0 Å². The summed E-state index contributed by atoms with van der Waals surface area (Å²) in [4.78, 5) is 2.33. The standard InChI is InChI=1S/C23H26N2O2/c1-26-22-11-5-7-19(15-22)17-25(14-13-24)18-20-8-6-12-23(16-20)27-21-9-3-2-4-10-21/h2-12,15-16H,13-14,17-18,24H2,1H3. The third-order valence-electron chi connectivity index (χ3n) is 4.27. The molecule has 2 N–H and O–H groups in total. The van der Waals surface area contributed by atoms with Crippen LogP contribution in [-0.4, -0.2) is 25.1 Å². The lowest BCUT2D eigenvalue weighted by Gasteiger charge is -2.22. The predicted octanol–water partition coefficient (Wildman–Crippen LogP) is 4.45. The monoisotopic (exact) mass is 362 g/mol. The Morgan fingerprint density at radius 2 is 1.33 bits per heavy atom. The molecule has 0 aromatic heterocycles. The minimum atomic E-state index is 0.615. The lowest BCUT2D eigenvalue weighted by molar-refractivity contribution is 0.263. The second-order valence-corrected chi connectivity index (χ2v) is 6.41. The van der Waals surface area contributed by atoms with E-state index in [1.165, 1.54) is 11.1 Å².